The van der Waals surface area contributed by atoms with Gasteiger partial charge in [-0.15, -0.1) is 11.8 Å². The lowest BCUT2D eigenvalue weighted by atomic mass is 10.1. The van der Waals surface area contributed by atoms with Crippen molar-refractivity contribution in [2.24, 2.45) is 10.7 Å². The molecule has 11 heteroatoms. The first-order valence-corrected chi connectivity index (χ1v) is 12.4. The highest BCUT2D eigenvalue weighted by molar-refractivity contribution is 8.00. The molecule has 0 amide bonds. The number of hydrogen-bond donors (Lipinski definition) is 4. The third-order valence-corrected chi connectivity index (χ3v) is 6.99. The highest BCUT2D eigenvalue weighted by Crippen LogP contribution is 2.32. The molecule has 5 N–H and O–H groups in total. The average molecular weight is 476 g/mol. The van der Waals surface area contributed by atoms with Crippen molar-refractivity contribution in [3.05, 3.63) is 48.4 Å². The van der Waals surface area contributed by atoms with Gasteiger partial charge in [0.1, 0.15) is 10.7 Å². The molecule has 0 saturated heterocycles. The van der Waals surface area contributed by atoms with E-state index in [2.05, 4.69) is 20.3 Å². The number of nitrogens with zero attached hydrogens (tertiary/aromatic N) is 2. The predicted molar refractivity (Wildman–Crippen MR) is 128 cm³/mol. The van der Waals surface area contributed by atoms with Crippen LogP contribution in [0.3, 0.4) is 0 Å². The minimum atomic E-state index is -4.31. The maximum absolute atomic E-state index is 12.3. The van der Waals surface area contributed by atoms with Gasteiger partial charge in [-0.1, -0.05) is 24.3 Å². The topological polar surface area (TPSA) is 151 Å². The van der Waals surface area contributed by atoms with E-state index in [0.717, 1.165) is 11.4 Å². The lowest BCUT2D eigenvalue weighted by Crippen LogP contribution is -2.08. The van der Waals surface area contributed by atoms with Crippen LogP contribution in [-0.4, -0.2) is 47.4 Å². The molecule has 0 fully saturated rings. The number of carbonyl (C=O) groups is 1. The third-order valence-electron chi connectivity index (χ3n) is 4.85. The summed E-state index contributed by atoms with van der Waals surface area (Å²) in [4.78, 5) is 23.3. The van der Waals surface area contributed by atoms with Crippen molar-refractivity contribution in [2.45, 2.75) is 29.9 Å². The first-order valence-electron chi connectivity index (χ1n) is 9.95. The minimum absolute atomic E-state index is 0.0194. The SMILES string of the molecule is CC(SCC(=O)CCCNc1cccc2c(S(=O)(=O)O)cccc12)c1[nH]cnc1N=CN. The summed E-state index contributed by atoms with van der Waals surface area (Å²) in [5, 5.41) is 4.41. The van der Waals surface area contributed by atoms with E-state index in [-0.39, 0.29) is 15.9 Å². The first-order chi connectivity index (χ1) is 15.3. The van der Waals surface area contributed by atoms with Crippen LogP contribution in [0.5, 0.6) is 0 Å². The fourth-order valence-corrected chi connectivity index (χ4v) is 4.94. The van der Waals surface area contributed by atoms with E-state index in [0.29, 0.717) is 41.7 Å². The number of benzene rings is 2. The molecule has 32 heavy (non-hydrogen) atoms. The Bertz CT molecular complexity index is 1220. The second kappa shape index (κ2) is 10.6. The zero-order chi connectivity index (χ0) is 23.1. The van der Waals surface area contributed by atoms with Gasteiger partial charge in [-0.2, -0.15) is 8.42 Å². The minimum Gasteiger partial charge on any atom is -0.390 e. The number of aromatic nitrogens is 2. The summed E-state index contributed by atoms with van der Waals surface area (Å²) >= 11 is 1.51. The standard InChI is InChI=1S/C21H25N5O4S2/c1-14(20-21(24-12-22)26-13-25-20)31-11-15(27)5-4-10-23-18-8-2-7-17-16(18)6-3-9-19(17)32(28,29)30/h2-3,6-9,12-14,23H,4-5,10-11H2,1H3,(H2,22,24)(H,25,26)(H,28,29,30). The van der Waals surface area contributed by atoms with Crippen molar-refractivity contribution in [1.29, 1.82) is 0 Å². The summed E-state index contributed by atoms with van der Waals surface area (Å²) < 4.78 is 32.7. The number of aliphatic imine (C=N–C) groups is 1. The number of imidazole rings is 1. The number of ketones is 1. The molecule has 0 bridgehead atoms. The number of rotatable bonds is 11. The van der Waals surface area contributed by atoms with Gasteiger partial charge in [-0.05, 0) is 25.5 Å². The number of anilines is 1. The number of fused-ring (bicyclic) bond motifs is 1. The fraction of sp³-hybridized carbons (Fsp3) is 0.286. The highest BCUT2D eigenvalue weighted by Gasteiger charge is 2.16. The number of thioether (sulfide) groups is 1. The van der Waals surface area contributed by atoms with Crippen molar-refractivity contribution in [3.8, 4) is 0 Å². The highest BCUT2D eigenvalue weighted by atomic mass is 32.2. The second-order valence-corrected chi connectivity index (χ2v) is 9.79. The smallest absolute Gasteiger partial charge is 0.295 e. The van der Waals surface area contributed by atoms with Crippen LogP contribution >= 0.6 is 11.8 Å². The first kappa shape index (κ1) is 23.8. The molecule has 170 valence electrons. The summed E-state index contributed by atoms with van der Waals surface area (Å²) in [6.07, 6.45) is 3.79. The van der Waals surface area contributed by atoms with E-state index in [1.165, 1.54) is 24.2 Å². The second-order valence-electron chi connectivity index (χ2n) is 7.07. The van der Waals surface area contributed by atoms with E-state index in [9.17, 15) is 17.8 Å². The number of carbonyl (C=O) groups excluding carboxylic acids is 1. The van der Waals surface area contributed by atoms with Crippen LogP contribution in [-0.2, 0) is 14.9 Å². The molecular weight excluding hydrogens is 450 g/mol. The predicted octanol–water partition coefficient (Wildman–Crippen LogP) is 3.68. The Morgan fingerprint density at radius 1 is 1.31 bits per heavy atom. The molecule has 1 heterocycles. The third kappa shape index (κ3) is 5.87. The number of Topliss-reactive ketones (excluding diaryl/α,β-unsaturated/α-hetero) is 1. The van der Waals surface area contributed by atoms with Crippen LogP contribution in [0.1, 0.15) is 30.7 Å². The summed E-state index contributed by atoms with van der Waals surface area (Å²) in [6, 6.07) is 9.95. The van der Waals surface area contributed by atoms with Gasteiger partial charge < -0.3 is 16.0 Å². The molecule has 0 aliphatic rings. The van der Waals surface area contributed by atoms with Gasteiger partial charge in [0.05, 0.1) is 24.1 Å². The zero-order valence-corrected chi connectivity index (χ0v) is 19.1. The fourth-order valence-electron chi connectivity index (χ4n) is 3.31. The van der Waals surface area contributed by atoms with Crippen molar-refractivity contribution < 1.29 is 17.8 Å². The zero-order valence-electron chi connectivity index (χ0n) is 17.5. The van der Waals surface area contributed by atoms with Crippen LogP contribution in [0, 0.1) is 0 Å². The maximum atomic E-state index is 12.3. The lowest BCUT2D eigenvalue weighted by molar-refractivity contribution is -0.116. The summed E-state index contributed by atoms with van der Waals surface area (Å²) in [5.41, 5.74) is 6.90. The monoisotopic (exact) mass is 475 g/mol. The van der Waals surface area contributed by atoms with Crippen LogP contribution in [0.2, 0.25) is 0 Å². The maximum Gasteiger partial charge on any atom is 0.295 e. The molecule has 0 aliphatic heterocycles. The molecule has 0 spiro atoms. The van der Waals surface area contributed by atoms with Crippen molar-refractivity contribution in [2.75, 3.05) is 17.6 Å². The molecule has 1 aromatic heterocycles. The van der Waals surface area contributed by atoms with Crippen LogP contribution in [0.25, 0.3) is 10.8 Å². The van der Waals surface area contributed by atoms with Gasteiger partial charge in [0.25, 0.3) is 10.1 Å². The van der Waals surface area contributed by atoms with E-state index >= 15 is 0 Å². The summed E-state index contributed by atoms with van der Waals surface area (Å²) in [6.45, 7) is 2.53. The van der Waals surface area contributed by atoms with Crippen molar-refractivity contribution in [1.82, 2.24) is 9.97 Å². The molecule has 3 rings (SSSR count). The Kier molecular flexibility index (Phi) is 7.89. The molecule has 2 aromatic carbocycles. The molecule has 0 aliphatic carbocycles. The van der Waals surface area contributed by atoms with Gasteiger partial charge in [0.15, 0.2) is 5.82 Å². The Morgan fingerprint density at radius 2 is 2.06 bits per heavy atom. The number of H-pyrrole nitrogens is 1. The summed E-state index contributed by atoms with van der Waals surface area (Å²) in [5.74, 6) is 1.04. The molecule has 9 nitrogen and oxygen atoms in total. The van der Waals surface area contributed by atoms with Gasteiger partial charge in [0, 0.05) is 34.7 Å². The number of aromatic amines is 1. The number of hydrogen-bond acceptors (Lipinski definition) is 7. The van der Waals surface area contributed by atoms with Crippen molar-refractivity contribution in [3.63, 3.8) is 0 Å². The van der Waals surface area contributed by atoms with Crippen molar-refractivity contribution >= 4 is 56.3 Å². The Hall–Kier alpha value is -2.89. The summed E-state index contributed by atoms with van der Waals surface area (Å²) in [7, 11) is -4.31. The number of nitrogens with one attached hydrogen (secondary N) is 2. The van der Waals surface area contributed by atoms with Gasteiger partial charge in [0.2, 0.25) is 0 Å². The average Bonchev–Trinajstić information content (AvgIpc) is 3.22. The van der Waals surface area contributed by atoms with E-state index < -0.39 is 10.1 Å². The lowest BCUT2D eigenvalue weighted by Gasteiger charge is -2.12. The Balaban J connectivity index is 1.51. The van der Waals surface area contributed by atoms with Gasteiger partial charge in [-0.25, -0.2) is 9.98 Å². The largest absolute Gasteiger partial charge is 0.390 e. The molecule has 0 saturated carbocycles. The number of nitrogens with two attached hydrogens (primary N) is 1. The van der Waals surface area contributed by atoms with E-state index in [1.807, 2.05) is 13.0 Å². The quantitative estimate of drug-likeness (QED) is 0.142. The molecule has 1 unspecified atom stereocenters. The Morgan fingerprint density at radius 3 is 2.81 bits per heavy atom. The van der Waals surface area contributed by atoms with Crippen LogP contribution in [0.15, 0.2) is 52.6 Å². The Labute approximate surface area is 190 Å². The van der Waals surface area contributed by atoms with Gasteiger partial charge >= 0.3 is 0 Å². The van der Waals surface area contributed by atoms with Crippen LogP contribution in [0.4, 0.5) is 11.5 Å². The van der Waals surface area contributed by atoms with Gasteiger partial charge in [-0.3, -0.25) is 9.35 Å². The molecule has 0 radical (unpaired) electrons. The van der Waals surface area contributed by atoms with Crippen LogP contribution < -0.4 is 11.1 Å². The van der Waals surface area contributed by atoms with E-state index in [4.69, 9.17) is 5.73 Å². The molecule has 3 aromatic rings. The molecular formula is C21H25N5O4S2. The molecule has 1 atom stereocenters. The normalized spacial score (nSPS) is 12.9. The van der Waals surface area contributed by atoms with E-state index in [1.54, 1.807) is 30.6 Å².